The zero-order valence-electron chi connectivity index (χ0n) is 8.75. The summed E-state index contributed by atoms with van der Waals surface area (Å²) >= 11 is 0. The SMILES string of the molecule is CC(C)N1CCC[B]CCCC1=O. The van der Waals surface area contributed by atoms with Gasteiger partial charge in [-0.15, -0.1) is 0 Å². The molecule has 3 heteroatoms. The van der Waals surface area contributed by atoms with Crippen LogP contribution >= 0.6 is 0 Å². The fraction of sp³-hybridized carbons (Fsp3) is 0.900. The van der Waals surface area contributed by atoms with Crippen molar-refractivity contribution in [3.05, 3.63) is 0 Å². The largest absolute Gasteiger partial charge is 0.340 e. The Morgan fingerprint density at radius 3 is 2.69 bits per heavy atom. The predicted molar refractivity (Wildman–Crippen MR) is 56.1 cm³/mol. The highest BCUT2D eigenvalue weighted by Gasteiger charge is 2.16. The zero-order chi connectivity index (χ0) is 9.68. The third-order valence-corrected chi connectivity index (χ3v) is 2.55. The van der Waals surface area contributed by atoms with E-state index in [-0.39, 0.29) is 0 Å². The van der Waals surface area contributed by atoms with Crippen molar-refractivity contribution in [1.29, 1.82) is 0 Å². The molecule has 1 heterocycles. The molecule has 1 rings (SSSR count). The monoisotopic (exact) mass is 180 g/mol. The smallest absolute Gasteiger partial charge is 0.222 e. The van der Waals surface area contributed by atoms with Crippen molar-refractivity contribution < 1.29 is 4.79 Å². The molecular weight excluding hydrogens is 161 g/mol. The molecule has 1 radical (unpaired) electrons. The second kappa shape index (κ2) is 5.30. The van der Waals surface area contributed by atoms with Gasteiger partial charge in [-0.05, 0) is 20.3 Å². The molecule has 73 valence electrons. The summed E-state index contributed by atoms with van der Waals surface area (Å²) < 4.78 is 0. The summed E-state index contributed by atoms with van der Waals surface area (Å²) in [5, 5.41) is 0. The fourth-order valence-corrected chi connectivity index (χ4v) is 1.76. The van der Waals surface area contributed by atoms with Crippen molar-refractivity contribution in [2.24, 2.45) is 0 Å². The molecule has 0 spiro atoms. The van der Waals surface area contributed by atoms with Crippen LogP contribution in [0.3, 0.4) is 0 Å². The Hall–Kier alpha value is -0.465. The molecule has 13 heavy (non-hydrogen) atoms. The number of hydrogen-bond acceptors (Lipinski definition) is 1. The quantitative estimate of drug-likeness (QED) is 0.564. The van der Waals surface area contributed by atoms with Crippen LogP contribution in [0.25, 0.3) is 0 Å². The molecule has 0 N–H and O–H groups in total. The van der Waals surface area contributed by atoms with Crippen LogP contribution in [-0.2, 0) is 4.79 Å². The number of rotatable bonds is 1. The molecule has 1 amide bonds. The zero-order valence-corrected chi connectivity index (χ0v) is 8.75. The van der Waals surface area contributed by atoms with Gasteiger partial charge in [0.25, 0.3) is 0 Å². The van der Waals surface area contributed by atoms with Crippen LogP contribution in [0.5, 0.6) is 0 Å². The summed E-state index contributed by atoms with van der Waals surface area (Å²) in [6.45, 7) is 5.13. The van der Waals surface area contributed by atoms with E-state index in [1.807, 2.05) is 4.90 Å². The summed E-state index contributed by atoms with van der Waals surface area (Å²) in [7, 11) is 2.32. The lowest BCUT2D eigenvalue weighted by Crippen LogP contribution is -2.37. The first kappa shape index (κ1) is 10.6. The van der Waals surface area contributed by atoms with Gasteiger partial charge >= 0.3 is 0 Å². The van der Waals surface area contributed by atoms with Gasteiger partial charge in [-0.1, -0.05) is 19.1 Å². The number of carbonyl (C=O) groups is 1. The normalized spacial score (nSPS) is 20.5. The van der Waals surface area contributed by atoms with E-state index < -0.39 is 0 Å². The molecule has 1 fully saturated rings. The summed E-state index contributed by atoms with van der Waals surface area (Å²) in [4.78, 5) is 13.7. The van der Waals surface area contributed by atoms with Gasteiger partial charge in [0.15, 0.2) is 0 Å². The van der Waals surface area contributed by atoms with Gasteiger partial charge in [0.2, 0.25) is 5.91 Å². The first-order valence-electron chi connectivity index (χ1n) is 5.33. The first-order chi connectivity index (χ1) is 6.22. The third-order valence-electron chi connectivity index (χ3n) is 2.55. The molecule has 0 unspecified atom stereocenters. The predicted octanol–water partition coefficient (Wildman–Crippen LogP) is 1.95. The molecule has 0 aromatic carbocycles. The molecule has 0 atom stereocenters. The van der Waals surface area contributed by atoms with E-state index in [0.29, 0.717) is 11.9 Å². The molecule has 0 bridgehead atoms. The van der Waals surface area contributed by atoms with E-state index in [2.05, 4.69) is 21.1 Å². The molecule has 0 aromatic rings. The standard InChI is InChI=1S/C10H19BNO/c1-9(2)12-8-4-7-11-6-3-5-10(12)13/h9H,3-8H2,1-2H3. The highest BCUT2D eigenvalue weighted by atomic mass is 16.2. The Kier molecular flexibility index (Phi) is 4.33. The molecule has 2 nitrogen and oxygen atoms in total. The topological polar surface area (TPSA) is 20.3 Å². The number of carbonyl (C=O) groups excluding carboxylic acids is 1. The van der Waals surface area contributed by atoms with Crippen molar-refractivity contribution in [2.45, 2.75) is 51.8 Å². The van der Waals surface area contributed by atoms with Crippen LogP contribution in [0.2, 0.25) is 12.6 Å². The lowest BCUT2D eigenvalue weighted by molar-refractivity contribution is -0.132. The van der Waals surface area contributed by atoms with Crippen LogP contribution < -0.4 is 0 Å². The van der Waals surface area contributed by atoms with Crippen LogP contribution in [0, 0.1) is 0 Å². The van der Waals surface area contributed by atoms with E-state index in [1.54, 1.807) is 0 Å². The highest BCUT2D eigenvalue weighted by molar-refractivity contribution is 6.35. The van der Waals surface area contributed by atoms with Crippen molar-refractivity contribution >= 4 is 13.2 Å². The van der Waals surface area contributed by atoms with E-state index in [1.165, 1.54) is 0 Å². The minimum absolute atomic E-state index is 0.338. The van der Waals surface area contributed by atoms with Crippen LogP contribution in [-0.4, -0.2) is 30.7 Å². The molecule has 1 saturated heterocycles. The van der Waals surface area contributed by atoms with Crippen LogP contribution in [0.4, 0.5) is 0 Å². The number of nitrogens with zero attached hydrogens (tertiary/aromatic N) is 1. The number of amides is 1. The maximum absolute atomic E-state index is 11.7. The van der Waals surface area contributed by atoms with E-state index in [0.717, 1.165) is 38.4 Å². The first-order valence-corrected chi connectivity index (χ1v) is 5.33. The number of hydrogen-bond donors (Lipinski definition) is 0. The van der Waals surface area contributed by atoms with Crippen molar-refractivity contribution in [2.75, 3.05) is 6.54 Å². The van der Waals surface area contributed by atoms with Crippen molar-refractivity contribution in [3.8, 4) is 0 Å². The van der Waals surface area contributed by atoms with Gasteiger partial charge in [-0.25, -0.2) is 0 Å². The fourth-order valence-electron chi connectivity index (χ4n) is 1.76. The maximum atomic E-state index is 11.7. The minimum Gasteiger partial charge on any atom is -0.340 e. The Bertz CT molecular complexity index is 170. The highest BCUT2D eigenvalue weighted by Crippen LogP contribution is 2.11. The van der Waals surface area contributed by atoms with Gasteiger partial charge in [-0.3, -0.25) is 4.79 Å². The van der Waals surface area contributed by atoms with Gasteiger partial charge in [-0.2, -0.15) is 0 Å². The molecular formula is C10H19BNO. The summed E-state index contributed by atoms with van der Waals surface area (Å²) in [5.41, 5.74) is 0. The summed E-state index contributed by atoms with van der Waals surface area (Å²) in [6, 6.07) is 0.366. The summed E-state index contributed by atoms with van der Waals surface area (Å²) in [5.74, 6) is 0.338. The van der Waals surface area contributed by atoms with E-state index >= 15 is 0 Å². The molecule has 0 aliphatic carbocycles. The molecule has 0 saturated carbocycles. The van der Waals surface area contributed by atoms with E-state index in [4.69, 9.17) is 0 Å². The third kappa shape index (κ3) is 3.41. The van der Waals surface area contributed by atoms with Gasteiger partial charge in [0.1, 0.15) is 7.28 Å². The Morgan fingerprint density at radius 1 is 1.31 bits per heavy atom. The Morgan fingerprint density at radius 2 is 2.00 bits per heavy atom. The summed E-state index contributed by atoms with van der Waals surface area (Å²) in [6.07, 6.45) is 5.16. The minimum atomic E-state index is 0.338. The lowest BCUT2D eigenvalue weighted by atomic mass is 9.69. The average molecular weight is 180 g/mol. The molecule has 1 aliphatic heterocycles. The second-order valence-corrected chi connectivity index (χ2v) is 4.00. The van der Waals surface area contributed by atoms with Crippen molar-refractivity contribution in [1.82, 2.24) is 4.90 Å². The van der Waals surface area contributed by atoms with Crippen molar-refractivity contribution in [3.63, 3.8) is 0 Å². The van der Waals surface area contributed by atoms with Crippen LogP contribution in [0.15, 0.2) is 0 Å². The van der Waals surface area contributed by atoms with Gasteiger partial charge in [0.05, 0.1) is 0 Å². The van der Waals surface area contributed by atoms with E-state index in [9.17, 15) is 4.79 Å². The molecule has 1 aliphatic rings. The molecule has 0 aromatic heterocycles. The van der Waals surface area contributed by atoms with Gasteiger partial charge < -0.3 is 4.90 Å². The Balaban J connectivity index is 2.50. The van der Waals surface area contributed by atoms with Gasteiger partial charge in [0, 0.05) is 19.0 Å². The lowest BCUT2D eigenvalue weighted by Gasteiger charge is -2.26. The second-order valence-electron chi connectivity index (χ2n) is 4.00. The van der Waals surface area contributed by atoms with Crippen LogP contribution in [0.1, 0.15) is 33.1 Å². The maximum Gasteiger partial charge on any atom is 0.222 e. The average Bonchev–Trinajstić information content (AvgIpc) is 2.16. The Labute approximate surface area is 81.9 Å².